The minimum Gasteiger partial charge on any atom is -0.399 e. The van der Waals surface area contributed by atoms with Crippen molar-refractivity contribution in [3.05, 3.63) is 52.7 Å². The minimum atomic E-state index is -0.766. The van der Waals surface area contributed by atoms with Gasteiger partial charge in [-0.1, -0.05) is 13.0 Å². The molecule has 1 aromatic carbocycles. The van der Waals surface area contributed by atoms with E-state index >= 15 is 0 Å². The smallest absolute Gasteiger partial charge is 0.243 e. The Morgan fingerprint density at radius 2 is 2.00 bits per heavy atom. The lowest BCUT2D eigenvalue weighted by Gasteiger charge is -2.57. The molecule has 2 unspecified atom stereocenters. The summed E-state index contributed by atoms with van der Waals surface area (Å²) in [4.78, 5) is 11.1. The molecule has 3 aliphatic carbocycles. The van der Waals surface area contributed by atoms with Gasteiger partial charge < -0.3 is 21.9 Å². The topological polar surface area (TPSA) is 104 Å². The van der Waals surface area contributed by atoms with Crippen molar-refractivity contribution in [1.29, 1.82) is 0 Å². The van der Waals surface area contributed by atoms with Crippen LogP contribution in [-0.2, 0) is 9.53 Å². The second kappa shape index (κ2) is 6.15. The number of carbonyl (C=O) groups excluding carboxylic acids is 1. The minimum absolute atomic E-state index is 0.0347. The number of hydrogen-bond donors (Lipinski definition) is 3. The molecule has 3 atom stereocenters. The Labute approximate surface area is 144 Å². The van der Waals surface area contributed by atoms with Crippen molar-refractivity contribution in [1.82, 2.24) is 0 Å². The highest BCUT2D eigenvalue weighted by Crippen LogP contribution is 2.57. The molecule has 25 heavy (non-hydrogen) atoms. The van der Waals surface area contributed by atoms with Crippen molar-refractivity contribution in [2.24, 2.45) is 29.0 Å². The molecule has 5 nitrogen and oxygen atoms in total. The van der Waals surface area contributed by atoms with Crippen LogP contribution < -0.4 is 17.2 Å². The van der Waals surface area contributed by atoms with Crippen molar-refractivity contribution in [2.45, 2.75) is 25.4 Å². The Bertz CT molecular complexity index is 770. The Balaban J connectivity index is 1.97. The van der Waals surface area contributed by atoms with E-state index in [9.17, 15) is 13.6 Å². The molecule has 0 radical (unpaired) electrons. The lowest BCUT2D eigenvalue weighted by atomic mass is 9.54. The Morgan fingerprint density at radius 1 is 1.36 bits per heavy atom. The van der Waals surface area contributed by atoms with Gasteiger partial charge in [-0.05, 0) is 48.5 Å². The number of carbonyl (C=O) groups is 1. The molecule has 1 aromatic rings. The highest BCUT2D eigenvalue weighted by molar-refractivity contribution is 5.75. The lowest BCUT2D eigenvalue weighted by molar-refractivity contribution is -0.165. The molecule has 6 N–H and O–H groups in total. The predicted molar refractivity (Wildman–Crippen MR) is 89.5 cm³/mol. The summed E-state index contributed by atoms with van der Waals surface area (Å²) in [5, 5.41) is 0. The Hall–Kier alpha value is -2.41. The van der Waals surface area contributed by atoms with E-state index in [1.165, 1.54) is 12.1 Å². The van der Waals surface area contributed by atoms with E-state index in [2.05, 4.69) is 0 Å². The SMILES string of the molecule is CC1C2CC(/C=C(\N)c3c(F)cccc3F)=C(N)[C@@]1(OCC(N)=O)C2. The number of ether oxygens (including phenoxy) is 1. The summed E-state index contributed by atoms with van der Waals surface area (Å²) < 4.78 is 33.5. The van der Waals surface area contributed by atoms with Crippen molar-refractivity contribution in [2.75, 3.05) is 6.61 Å². The molecule has 4 rings (SSSR count). The van der Waals surface area contributed by atoms with E-state index in [1.807, 2.05) is 6.92 Å². The number of amides is 1. The average Bonchev–Trinajstić information content (AvgIpc) is 2.54. The summed E-state index contributed by atoms with van der Waals surface area (Å²) in [6.45, 7) is 1.77. The van der Waals surface area contributed by atoms with Crippen molar-refractivity contribution >= 4 is 11.6 Å². The van der Waals surface area contributed by atoms with Crippen LogP contribution in [0.5, 0.6) is 0 Å². The van der Waals surface area contributed by atoms with Crippen LogP contribution in [0.3, 0.4) is 0 Å². The molecule has 0 saturated heterocycles. The average molecular weight is 349 g/mol. The van der Waals surface area contributed by atoms with Gasteiger partial charge in [-0.2, -0.15) is 0 Å². The predicted octanol–water partition coefficient (Wildman–Crippen LogP) is 1.78. The summed E-state index contributed by atoms with van der Waals surface area (Å²) in [6.07, 6.45) is 2.83. The van der Waals surface area contributed by atoms with Crippen LogP contribution in [0.25, 0.3) is 5.70 Å². The van der Waals surface area contributed by atoms with Crippen LogP contribution in [0.2, 0.25) is 0 Å². The number of fused-ring (bicyclic) bond motifs is 1. The van der Waals surface area contributed by atoms with E-state index in [0.717, 1.165) is 12.1 Å². The van der Waals surface area contributed by atoms with Gasteiger partial charge in [0.15, 0.2) is 0 Å². The first-order valence-electron chi connectivity index (χ1n) is 8.09. The van der Waals surface area contributed by atoms with Crippen LogP contribution in [0.1, 0.15) is 25.3 Å². The van der Waals surface area contributed by atoms with Crippen LogP contribution in [0, 0.1) is 23.5 Å². The maximum absolute atomic E-state index is 13.9. The van der Waals surface area contributed by atoms with Gasteiger partial charge in [0, 0.05) is 11.4 Å². The number of halogens is 2. The number of rotatable bonds is 5. The highest BCUT2D eigenvalue weighted by Gasteiger charge is 2.58. The van der Waals surface area contributed by atoms with E-state index in [4.69, 9.17) is 21.9 Å². The fourth-order valence-electron chi connectivity index (χ4n) is 3.88. The van der Waals surface area contributed by atoms with Gasteiger partial charge in [0.25, 0.3) is 0 Å². The zero-order valence-electron chi connectivity index (χ0n) is 13.9. The first-order chi connectivity index (χ1) is 11.8. The number of nitrogens with two attached hydrogens (primary N) is 3. The molecule has 134 valence electrons. The molecule has 7 heteroatoms. The van der Waals surface area contributed by atoms with Crippen LogP contribution >= 0.6 is 0 Å². The number of primary amides is 1. The normalized spacial score (nSPS) is 28.7. The third-order valence-electron chi connectivity index (χ3n) is 5.35. The highest BCUT2D eigenvalue weighted by atomic mass is 19.1. The third kappa shape index (κ3) is 2.78. The van der Waals surface area contributed by atoms with Gasteiger partial charge in [-0.3, -0.25) is 4.79 Å². The molecule has 1 saturated carbocycles. The zero-order valence-corrected chi connectivity index (χ0v) is 13.9. The molecule has 3 aliphatic rings. The first kappa shape index (κ1) is 17.4. The molecule has 1 amide bonds. The van der Waals surface area contributed by atoms with Gasteiger partial charge in [0.2, 0.25) is 5.91 Å². The number of hydrogen-bond acceptors (Lipinski definition) is 4. The number of benzene rings is 1. The second-order valence-electron chi connectivity index (χ2n) is 6.74. The summed E-state index contributed by atoms with van der Waals surface area (Å²) >= 11 is 0. The van der Waals surface area contributed by atoms with Gasteiger partial charge in [-0.25, -0.2) is 8.78 Å². The van der Waals surface area contributed by atoms with Crippen molar-refractivity contribution < 1.29 is 18.3 Å². The van der Waals surface area contributed by atoms with E-state index in [1.54, 1.807) is 0 Å². The quantitative estimate of drug-likeness (QED) is 0.753. The fraction of sp³-hybridized carbons (Fsp3) is 0.389. The van der Waals surface area contributed by atoms with Crippen molar-refractivity contribution in [3.63, 3.8) is 0 Å². The summed E-state index contributed by atoms with van der Waals surface area (Å²) in [7, 11) is 0. The summed E-state index contributed by atoms with van der Waals surface area (Å²) in [5.41, 5.74) is 17.4. The van der Waals surface area contributed by atoms with E-state index in [-0.39, 0.29) is 23.8 Å². The third-order valence-corrected chi connectivity index (χ3v) is 5.35. The van der Waals surface area contributed by atoms with Gasteiger partial charge in [-0.15, -0.1) is 0 Å². The van der Waals surface area contributed by atoms with Gasteiger partial charge in [0.1, 0.15) is 23.8 Å². The molecule has 1 fully saturated rings. The molecule has 0 spiro atoms. The molecule has 0 aromatic heterocycles. The molecule has 0 heterocycles. The Kier molecular flexibility index (Phi) is 4.28. The second-order valence-corrected chi connectivity index (χ2v) is 6.74. The molecular formula is C18H21F2N3O2. The fourth-order valence-corrected chi connectivity index (χ4v) is 3.88. The van der Waals surface area contributed by atoms with Crippen molar-refractivity contribution in [3.8, 4) is 0 Å². The zero-order chi connectivity index (χ0) is 18.4. The maximum Gasteiger partial charge on any atom is 0.243 e. The number of allylic oxidation sites excluding steroid dienone is 2. The summed E-state index contributed by atoms with van der Waals surface area (Å²) in [5.74, 6) is -1.60. The molecule has 2 bridgehead atoms. The Morgan fingerprint density at radius 3 is 2.56 bits per heavy atom. The standard InChI is InChI=1S/C18H21F2N3O2/c1-9-11-5-10(17(23)18(9,7-11)25-8-15(22)24)6-14(21)16-12(19)3-2-4-13(16)20/h2-4,6,9,11H,5,7-8,21,23H2,1H3,(H2,22,24)/b14-6-/t9?,11?,18-/m1/s1. The van der Waals surface area contributed by atoms with Crippen LogP contribution in [0.15, 0.2) is 35.5 Å². The molecule has 0 aliphatic heterocycles. The largest absolute Gasteiger partial charge is 0.399 e. The van der Waals surface area contributed by atoms with Gasteiger partial charge >= 0.3 is 0 Å². The van der Waals surface area contributed by atoms with E-state index < -0.39 is 23.1 Å². The monoisotopic (exact) mass is 349 g/mol. The maximum atomic E-state index is 13.9. The van der Waals surface area contributed by atoms with E-state index in [0.29, 0.717) is 30.0 Å². The first-order valence-corrected chi connectivity index (χ1v) is 8.09. The molecular weight excluding hydrogens is 328 g/mol. The van der Waals surface area contributed by atoms with Gasteiger partial charge in [0.05, 0.1) is 5.56 Å². The lowest BCUT2D eigenvalue weighted by Crippen LogP contribution is -2.61. The van der Waals surface area contributed by atoms with Crippen LogP contribution in [-0.4, -0.2) is 18.1 Å². The summed E-state index contributed by atoms with van der Waals surface area (Å²) in [6, 6.07) is 3.57. The van der Waals surface area contributed by atoms with Crippen LogP contribution in [0.4, 0.5) is 8.78 Å².